The highest BCUT2D eigenvalue weighted by Gasteiger charge is 2.16. The molecule has 2 aromatic heterocycles. The minimum absolute atomic E-state index is 0.150. The minimum Gasteiger partial charge on any atom is -0.412 e. The van der Waals surface area contributed by atoms with Gasteiger partial charge in [0.2, 0.25) is 15.7 Å². The average Bonchev–Trinajstić information content (AvgIpc) is 2.88. The molecule has 0 atom stereocenters. The van der Waals surface area contributed by atoms with Crippen molar-refractivity contribution in [1.29, 1.82) is 0 Å². The summed E-state index contributed by atoms with van der Waals surface area (Å²) >= 11 is 0. The van der Waals surface area contributed by atoms with Gasteiger partial charge in [0.05, 0.1) is 5.56 Å². The van der Waals surface area contributed by atoms with Crippen LogP contribution >= 0.6 is 0 Å². The first-order valence-electron chi connectivity index (χ1n) is 5.67. The highest BCUT2D eigenvalue weighted by Crippen LogP contribution is 2.06. The van der Waals surface area contributed by atoms with Crippen LogP contribution in [0.3, 0.4) is 0 Å². The zero-order valence-corrected chi connectivity index (χ0v) is 11.4. The summed E-state index contributed by atoms with van der Waals surface area (Å²) in [6.45, 7) is 0.249. The Morgan fingerprint density at radius 2 is 2.20 bits per heavy atom. The number of nitrogens with one attached hydrogen (secondary N) is 1. The average molecular weight is 296 g/mol. The Labute approximate surface area is 115 Å². The number of pyridine rings is 1. The highest BCUT2D eigenvalue weighted by atomic mass is 32.2. The molecule has 8 nitrogen and oxygen atoms in total. The van der Waals surface area contributed by atoms with Crippen LogP contribution in [0.15, 0.2) is 34.2 Å². The molecule has 0 fully saturated rings. The fourth-order valence-corrected chi connectivity index (χ4v) is 1.81. The third kappa shape index (κ3) is 3.60. The van der Waals surface area contributed by atoms with Gasteiger partial charge in [-0.25, -0.2) is 8.42 Å². The molecule has 0 aliphatic carbocycles. The van der Waals surface area contributed by atoms with Crippen molar-refractivity contribution in [2.24, 2.45) is 0 Å². The predicted octanol–water partition coefficient (Wildman–Crippen LogP) is -0.159. The lowest BCUT2D eigenvalue weighted by molar-refractivity contribution is 0.0953. The zero-order valence-electron chi connectivity index (χ0n) is 10.6. The second kappa shape index (κ2) is 5.78. The number of hydrogen-bond donors (Lipinski definition) is 1. The summed E-state index contributed by atoms with van der Waals surface area (Å²) < 4.78 is 27.2. The molecular weight excluding hydrogens is 284 g/mol. The van der Waals surface area contributed by atoms with Crippen LogP contribution in [-0.4, -0.2) is 42.3 Å². The van der Waals surface area contributed by atoms with E-state index in [0.29, 0.717) is 5.56 Å². The molecule has 0 bridgehead atoms. The van der Waals surface area contributed by atoms with Crippen LogP contribution in [-0.2, 0) is 16.3 Å². The lowest BCUT2D eigenvalue weighted by Gasteiger charge is -2.02. The first-order chi connectivity index (χ1) is 9.47. The van der Waals surface area contributed by atoms with Crippen molar-refractivity contribution in [3.8, 4) is 0 Å². The zero-order chi connectivity index (χ0) is 14.6. The van der Waals surface area contributed by atoms with Crippen molar-refractivity contribution in [3.63, 3.8) is 0 Å². The lowest BCUT2D eigenvalue weighted by atomic mass is 10.2. The molecule has 0 saturated heterocycles. The normalized spacial score (nSPS) is 11.2. The summed E-state index contributed by atoms with van der Waals surface area (Å²) in [6, 6.07) is 3.29. The minimum atomic E-state index is -3.50. The van der Waals surface area contributed by atoms with Gasteiger partial charge in [0.15, 0.2) is 0 Å². The predicted molar refractivity (Wildman–Crippen MR) is 67.7 cm³/mol. The smallest absolute Gasteiger partial charge is 0.335 e. The van der Waals surface area contributed by atoms with Gasteiger partial charge in [0, 0.05) is 31.6 Å². The van der Waals surface area contributed by atoms with Crippen LogP contribution in [0.25, 0.3) is 0 Å². The first-order valence-corrected chi connectivity index (χ1v) is 7.56. The van der Waals surface area contributed by atoms with Crippen LogP contribution in [0.1, 0.15) is 16.2 Å². The van der Waals surface area contributed by atoms with E-state index < -0.39 is 15.1 Å². The van der Waals surface area contributed by atoms with Gasteiger partial charge in [-0.3, -0.25) is 9.78 Å². The SMILES string of the molecule is CS(=O)(=O)c1nnc(CCNC(=O)c2cccnc2)o1. The summed E-state index contributed by atoms with van der Waals surface area (Å²) in [5, 5.41) is 9.22. The Morgan fingerprint density at radius 1 is 1.40 bits per heavy atom. The van der Waals surface area contributed by atoms with E-state index in [-0.39, 0.29) is 24.8 Å². The molecule has 0 aliphatic rings. The van der Waals surface area contributed by atoms with E-state index in [4.69, 9.17) is 4.42 Å². The molecule has 1 N–H and O–H groups in total. The molecule has 0 unspecified atom stereocenters. The van der Waals surface area contributed by atoms with Crippen LogP contribution in [0, 0.1) is 0 Å². The molecular formula is C11H12N4O4S. The maximum atomic E-state index is 11.7. The standard InChI is InChI=1S/C11H12N4O4S/c1-20(17,18)11-15-14-9(19-11)4-6-13-10(16)8-3-2-5-12-7-8/h2-3,5,7H,4,6H2,1H3,(H,13,16). The maximum Gasteiger partial charge on any atom is 0.335 e. The van der Waals surface area contributed by atoms with Gasteiger partial charge in [-0.05, 0) is 12.1 Å². The van der Waals surface area contributed by atoms with Crippen molar-refractivity contribution in [2.45, 2.75) is 11.6 Å². The molecule has 0 aliphatic heterocycles. The number of carbonyl (C=O) groups is 1. The summed E-state index contributed by atoms with van der Waals surface area (Å²) in [5.74, 6) is -0.127. The summed E-state index contributed by atoms with van der Waals surface area (Å²) in [4.78, 5) is 15.5. The first kappa shape index (κ1) is 14.1. The van der Waals surface area contributed by atoms with Crippen LogP contribution in [0.4, 0.5) is 0 Å². The van der Waals surface area contributed by atoms with E-state index in [0.717, 1.165) is 6.26 Å². The molecule has 0 spiro atoms. The third-order valence-corrected chi connectivity index (χ3v) is 3.11. The van der Waals surface area contributed by atoms with E-state index >= 15 is 0 Å². The summed E-state index contributed by atoms with van der Waals surface area (Å²) in [7, 11) is -3.50. The largest absolute Gasteiger partial charge is 0.412 e. The van der Waals surface area contributed by atoms with Crippen LogP contribution in [0.2, 0.25) is 0 Å². The molecule has 1 amide bonds. The topological polar surface area (TPSA) is 115 Å². The number of amides is 1. The fraction of sp³-hybridized carbons (Fsp3) is 0.273. The molecule has 106 valence electrons. The van der Waals surface area contributed by atoms with Crippen molar-refractivity contribution >= 4 is 15.7 Å². The Bertz CT molecular complexity index is 696. The number of aromatic nitrogens is 3. The third-order valence-electron chi connectivity index (χ3n) is 2.31. The highest BCUT2D eigenvalue weighted by molar-refractivity contribution is 7.90. The number of sulfone groups is 1. The van der Waals surface area contributed by atoms with E-state index in [1.54, 1.807) is 18.3 Å². The fourth-order valence-electron chi connectivity index (χ4n) is 1.37. The molecule has 0 aromatic carbocycles. The quantitative estimate of drug-likeness (QED) is 0.815. The number of nitrogens with zero attached hydrogens (tertiary/aromatic N) is 3. The van der Waals surface area contributed by atoms with E-state index in [2.05, 4.69) is 20.5 Å². The molecule has 0 saturated carbocycles. The van der Waals surface area contributed by atoms with Gasteiger partial charge in [0.25, 0.3) is 5.91 Å². The van der Waals surface area contributed by atoms with E-state index in [1.807, 2.05) is 0 Å². The van der Waals surface area contributed by atoms with Gasteiger partial charge in [-0.2, -0.15) is 0 Å². The summed E-state index contributed by atoms with van der Waals surface area (Å²) in [5.41, 5.74) is 0.440. The van der Waals surface area contributed by atoms with Crippen molar-refractivity contribution < 1.29 is 17.6 Å². The van der Waals surface area contributed by atoms with Gasteiger partial charge in [-0.1, -0.05) is 5.10 Å². The molecule has 2 rings (SSSR count). The molecule has 0 radical (unpaired) electrons. The summed E-state index contributed by atoms with van der Waals surface area (Å²) in [6.07, 6.45) is 4.24. The number of carbonyl (C=O) groups excluding carboxylic acids is 1. The van der Waals surface area contributed by atoms with Gasteiger partial charge in [0.1, 0.15) is 0 Å². The number of hydrogen-bond acceptors (Lipinski definition) is 7. The monoisotopic (exact) mass is 296 g/mol. The van der Waals surface area contributed by atoms with Gasteiger partial charge >= 0.3 is 5.22 Å². The van der Waals surface area contributed by atoms with Gasteiger partial charge < -0.3 is 9.73 Å². The Balaban J connectivity index is 1.88. The van der Waals surface area contributed by atoms with Crippen molar-refractivity contribution in [2.75, 3.05) is 12.8 Å². The second-order valence-electron chi connectivity index (χ2n) is 3.98. The molecule has 9 heteroatoms. The van der Waals surface area contributed by atoms with E-state index in [9.17, 15) is 13.2 Å². The van der Waals surface area contributed by atoms with Crippen molar-refractivity contribution in [1.82, 2.24) is 20.5 Å². The number of rotatable bonds is 5. The van der Waals surface area contributed by atoms with Gasteiger partial charge in [-0.15, -0.1) is 5.10 Å². The Hall–Kier alpha value is -2.29. The molecule has 2 heterocycles. The maximum absolute atomic E-state index is 11.7. The van der Waals surface area contributed by atoms with Crippen molar-refractivity contribution in [3.05, 3.63) is 36.0 Å². The van der Waals surface area contributed by atoms with E-state index in [1.165, 1.54) is 6.20 Å². The molecule has 20 heavy (non-hydrogen) atoms. The van der Waals surface area contributed by atoms with Crippen LogP contribution in [0.5, 0.6) is 0 Å². The van der Waals surface area contributed by atoms with Crippen LogP contribution < -0.4 is 5.32 Å². The lowest BCUT2D eigenvalue weighted by Crippen LogP contribution is -2.25. The second-order valence-corrected chi connectivity index (χ2v) is 5.88. The Kier molecular flexibility index (Phi) is 4.08. The molecule has 2 aromatic rings. The Morgan fingerprint density at radius 3 is 2.80 bits per heavy atom.